The third-order valence-electron chi connectivity index (χ3n) is 0.662. The number of aromatic amines is 2. The van der Waals surface area contributed by atoms with Crippen molar-refractivity contribution >= 4 is 0 Å². The van der Waals surface area contributed by atoms with Crippen molar-refractivity contribution in [2.24, 2.45) is 0 Å². The SMILES string of the molecule is [C-]#[O+].[C-]#[O+].[C-]#[O+].[C-]#[O+].[Mo].c1nc[nH]n1.c1nc[nH]n1. The molecule has 0 amide bonds. The summed E-state index contributed by atoms with van der Waals surface area (Å²) in [4.78, 5) is 7.11. The van der Waals surface area contributed by atoms with Gasteiger partial charge in [0.25, 0.3) is 0 Å². The molecule has 10 nitrogen and oxygen atoms in total. The summed E-state index contributed by atoms with van der Waals surface area (Å²) < 4.78 is 30.0. The summed E-state index contributed by atoms with van der Waals surface area (Å²) in [5.41, 5.74) is 0. The number of H-pyrrole nitrogens is 2. The van der Waals surface area contributed by atoms with E-state index in [9.17, 15) is 0 Å². The van der Waals surface area contributed by atoms with Crippen LogP contribution < -0.4 is 0 Å². The minimum absolute atomic E-state index is 0. The molecule has 2 aromatic heterocycles. The van der Waals surface area contributed by atoms with E-state index in [1.54, 1.807) is 0 Å². The number of hydrogen-bond donors (Lipinski definition) is 2. The van der Waals surface area contributed by atoms with Crippen LogP contribution in [0.3, 0.4) is 0 Å². The van der Waals surface area contributed by atoms with E-state index < -0.39 is 0 Å². The standard InChI is InChI=1S/2C2H3N3.4CO.Mo/c2*1-3-2-5-4-1;4*1-2;/h2*1-2H,(H,3,4,5);;;;;. The van der Waals surface area contributed by atoms with Crippen molar-refractivity contribution in [3.05, 3.63) is 51.9 Å². The van der Waals surface area contributed by atoms with Crippen LogP contribution >= 0.6 is 0 Å². The van der Waals surface area contributed by atoms with E-state index >= 15 is 0 Å². The van der Waals surface area contributed by atoms with Gasteiger partial charge in [-0.15, -0.1) is 0 Å². The molecule has 0 aliphatic heterocycles. The number of nitrogens with one attached hydrogen (secondary N) is 2. The fourth-order valence-electron chi connectivity index (χ4n) is 0.333. The molecule has 0 aromatic carbocycles. The second kappa shape index (κ2) is 56.5. The zero-order valence-corrected chi connectivity index (χ0v) is 11.1. The van der Waals surface area contributed by atoms with Gasteiger partial charge in [0.1, 0.15) is 25.3 Å². The summed E-state index contributed by atoms with van der Waals surface area (Å²) >= 11 is 0. The minimum atomic E-state index is 0. The maximum Gasteiger partial charge on any atom is 0.137 e. The quantitative estimate of drug-likeness (QED) is 0.372. The molecule has 0 radical (unpaired) electrons. The largest absolute Gasteiger partial charge is 0.266 e. The van der Waals surface area contributed by atoms with Crippen molar-refractivity contribution in [3.63, 3.8) is 0 Å². The fraction of sp³-hybridized carbons (Fsp3) is 0. The third-order valence-corrected chi connectivity index (χ3v) is 0.662. The molecule has 11 heteroatoms. The summed E-state index contributed by atoms with van der Waals surface area (Å²) in [7, 11) is 0. The van der Waals surface area contributed by atoms with Crippen molar-refractivity contribution in [2.75, 3.05) is 0 Å². The van der Waals surface area contributed by atoms with E-state index in [0.29, 0.717) is 0 Å². The van der Waals surface area contributed by atoms with Crippen LogP contribution in [0.1, 0.15) is 0 Å². The van der Waals surface area contributed by atoms with Crippen LogP contribution in [0, 0.1) is 26.6 Å². The van der Waals surface area contributed by atoms with Gasteiger partial charge >= 0.3 is 45.2 Å². The average molecular weight is 346 g/mol. The molecule has 0 saturated carbocycles. The summed E-state index contributed by atoms with van der Waals surface area (Å²) in [6, 6.07) is 0. The molecule has 0 unspecified atom stereocenters. The summed E-state index contributed by atoms with van der Waals surface area (Å²) in [6.07, 6.45) is 5.92. The Morgan fingerprint density at radius 3 is 0.947 bits per heavy atom. The molecule has 2 aromatic rings. The summed E-state index contributed by atoms with van der Waals surface area (Å²) in [5, 5.41) is 12.0. The molecular formula is C8H6MoN6O4. The van der Waals surface area contributed by atoms with Gasteiger partial charge in [-0.25, -0.2) is 9.97 Å². The fourth-order valence-corrected chi connectivity index (χ4v) is 0.333. The number of hydrogen-bond acceptors (Lipinski definition) is 4. The van der Waals surface area contributed by atoms with Crippen molar-refractivity contribution in [1.82, 2.24) is 30.4 Å². The van der Waals surface area contributed by atoms with Crippen LogP contribution in [0.2, 0.25) is 0 Å². The van der Waals surface area contributed by atoms with Gasteiger partial charge in [-0.05, 0) is 0 Å². The van der Waals surface area contributed by atoms with Gasteiger partial charge < -0.3 is 0 Å². The Morgan fingerprint density at radius 2 is 0.895 bits per heavy atom. The maximum atomic E-state index is 7.50. The zero-order valence-electron chi connectivity index (χ0n) is 9.14. The van der Waals surface area contributed by atoms with Crippen molar-refractivity contribution in [3.8, 4) is 0 Å². The van der Waals surface area contributed by atoms with Gasteiger partial charge in [0.05, 0.1) is 0 Å². The molecule has 0 saturated heterocycles. The third kappa shape index (κ3) is 49.2. The first-order chi connectivity index (χ1) is 9.00. The number of aromatic nitrogens is 6. The Hall–Kier alpha value is -2.07. The number of nitrogens with zero attached hydrogens (tertiary/aromatic N) is 4. The first-order valence-electron chi connectivity index (χ1n) is 3.39. The van der Waals surface area contributed by atoms with Gasteiger partial charge in [0.2, 0.25) is 0 Å². The molecular weight excluding hydrogens is 340 g/mol. The summed E-state index contributed by atoms with van der Waals surface area (Å²) in [5.74, 6) is 0. The zero-order chi connectivity index (χ0) is 15.1. The number of rotatable bonds is 0. The predicted molar refractivity (Wildman–Crippen MR) is 48.5 cm³/mol. The summed E-state index contributed by atoms with van der Waals surface area (Å²) in [6.45, 7) is 18.0. The van der Waals surface area contributed by atoms with Crippen molar-refractivity contribution in [2.45, 2.75) is 0 Å². The van der Waals surface area contributed by atoms with Crippen LogP contribution in [0.4, 0.5) is 0 Å². The Morgan fingerprint density at radius 1 is 0.632 bits per heavy atom. The van der Waals surface area contributed by atoms with Gasteiger partial charge in [0.15, 0.2) is 0 Å². The average Bonchev–Trinajstić information content (AvgIpc) is 3.25. The van der Waals surface area contributed by atoms with E-state index in [2.05, 4.69) is 57.0 Å². The van der Waals surface area contributed by atoms with Crippen LogP contribution in [0.25, 0.3) is 0 Å². The molecule has 0 atom stereocenters. The minimum Gasteiger partial charge on any atom is -0.266 e. The maximum absolute atomic E-state index is 7.50. The van der Waals surface area contributed by atoms with Crippen LogP contribution in [0.15, 0.2) is 25.3 Å². The van der Waals surface area contributed by atoms with Crippen LogP contribution in [0.5, 0.6) is 0 Å². The van der Waals surface area contributed by atoms with E-state index in [1.807, 2.05) is 0 Å². The van der Waals surface area contributed by atoms with Crippen molar-refractivity contribution < 1.29 is 39.7 Å². The molecule has 0 aliphatic rings. The first kappa shape index (κ1) is 30.2. The molecule has 2 N–H and O–H groups in total. The molecule has 98 valence electrons. The Kier molecular flexibility index (Phi) is 89.7. The Balaban J connectivity index is -0.0000000443. The predicted octanol–water partition coefficient (Wildman–Crippen LogP) is -0.543. The van der Waals surface area contributed by atoms with Crippen molar-refractivity contribution in [1.29, 1.82) is 0 Å². The molecule has 2 rings (SSSR count). The van der Waals surface area contributed by atoms with Gasteiger partial charge in [0, 0.05) is 21.1 Å². The second-order valence-electron chi connectivity index (χ2n) is 1.30. The first-order valence-corrected chi connectivity index (χ1v) is 3.39. The molecule has 0 aliphatic carbocycles. The molecule has 19 heavy (non-hydrogen) atoms. The van der Waals surface area contributed by atoms with E-state index in [1.165, 1.54) is 25.3 Å². The van der Waals surface area contributed by atoms with E-state index in [4.69, 9.17) is 18.6 Å². The molecule has 0 bridgehead atoms. The van der Waals surface area contributed by atoms with Gasteiger partial charge in [-0.2, -0.15) is 10.2 Å². The van der Waals surface area contributed by atoms with Crippen LogP contribution in [-0.4, -0.2) is 30.4 Å². The smallest absolute Gasteiger partial charge is 0.137 e. The normalized spacial score (nSPS) is 4.63. The van der Waals surface area contributed by atoms with Crippen LogP contribution in [-0.2, 0) is 39.7 Å². The monoisotopic (exact) mass is 348 g/mol. The molecule has 0 fully saturated rings. The van der Waals surface area contributed by atoms with Gasteiger partial charge in [-0.1, -0.05) is 0 Å². The Labute approximate surface area is 122 Å². The van der Waals surface area contributed by atoms with E-state index in [-0.39, 0.29) is 21.1 Å². The van der Waals surface area contributed by atoms with Gasteiger partial charge in [-0.3, -0.25) is 10.2 Å². The Bertz CT molecular complexity index is 284. The van der Waals surface area contributed by atoms with E-state index in [0.717, 1.165) is 0 Å². The molecule has 2 heterocycles. The molecule has 0 spiro atoms. The second-order valence-corrected chi connectivity index (χ2v) is 1.30. The topological polar surface area (TPSA) is 163 Å².